The van der Waals surface area contributed by atoms with Crippen molar-refractivity contribution in [1.82, 2.24) is 5.32 Å². The van der Waals surface area contributed by atoms with Crippen LogP contribution in [0.5, 0.6) is 5.75 Å². The molecule has 1 aliphatic rings. The Labute approximate surface area is 94.5 Å². The summed E-state index contributed by atoms with van der Waals surface area (Å²) in [7, 11) is 0. The summed E-state index contributed by atoms with van der Waals surface area (Å²) < 4.78 is 0. The molecule has 16 heavy (non-hydrogen) atoms. The van der Waals surface area contributed by atoms with E-state index in [0.29, 0.717) is 18.7 Å². The van der Waals surface area contributed by atoms with Gasteiger partial charge in [0.05, 0.1) is 0 Å². The predicted molar refractivity (Wildman–Crippen MR) is 61.2 cm³/mol. The number of aromatic hydroxyl groups is 1. The minimum absolute atomic E-state index is 0.111. The van der Waals surface area contributed by atoms with Crippen LogP contribution in [0.15, 0.2) is 24.3 Å². The molecule has 0 bridgehead atoms. The fraction of sp³-hybridized carbons (Fsp3) is 0.417. The van der Waals surface area contributed by atoms with Crippen LogP contribution in [-0.2, 0) is 0 Å². The number of hydrogen-bond donors (Lipinski definition) is 3. The Hall–Kier alpha value is -1.55. The van der Waals surface area contributed by atoms with Gasteiger partial charge in [-0.25, -0.2) is 0 Å². The largest absolute Gasteiger partial charge is 0.508 e. The number of carbonyl (C=O) groups excluding carboxylic acids is 1. The molecule has 1 fully saturated rings. The summed E-state index contributed by atoms with van der Waals surface area (Å²) >= 11 is 0. The van der Waals surface area contributed by atoms with E-state index >= 15 is 0 Å². The Balaban J connectivity index is 1.91. The van der Waals surface area contributed by atoms with Gasteiger partial charge in [-0.1, -0.05) is 0 Å². The summed E-state index contributed by atoms with van der Waals surface area (Å²) in [5.74, 6) is 0.0527. The summed E-state index contributed by atoms with van der Waals surface area (Å²) in [5, 5.41) is 12.0. The number of nitrogens with one attached hydrogen (secondary N) is 1. The number of carbonyl (C=O) groups is 1. The van der Waals surface area contributed by atoms with Gasteiger partial charge in [0, 0.05) is 17.5 Å². The van der Waals surface area contributed by atoms with Crippen molar-refractivity contribution in [3.63, 3.8) is 0 Å². The lowest BCUT2D eigenvalue weighted by atomic mass is 10.1. The molecule has 0 spiro atoms. The highest BCUT2D eigenvalue weighted by molar-refractivity contribution is 5.94. The van der Waals surface area contributed by atoms with Crippen LogP contribution in [0.25, 0.3) is 0 Å². The third-order valence-electron chi connectivity index (χ3n) is 3.14. The number of nitrogens with two attached hydrogens (primary N) is 1. The molecule has 86 valence electrons. The molecule has 0 unspecified atom stereocenters. The Kier molecular flexibility index (Phi) is 2.83. The van der Waals surface area contributed by atoms with Crippen LogP contribution in [0.2, 0.25) is 0 Å². The smallest absolute Gasteiger partial charge is 0.251 e. The van der Waals surface area contributed by atoms with Crippen molar-refractivity contribution in [1.29, 1.82) is 0 Å². The summed E-state index contributed by atoms with van der Waals surface area (Å²) in [6.45, 7) is 1.27. The monoisotopic (exact) mass is 220 g/mol. The first-order valence-electron chi connectivity index (χ1n) is 5.43. The van der Waals surface area contributed by atoms with Crippen LogP contribution < -0.4 is 11.1 Å². The average molecular weight is 220 g/mol. The van der Waals surface area contributed by atoms with Crippen LogP contribution >= 0.6 is 0 Å². The molecule has 0 atom stereocenters. The topological polar surface area (TPSA) is 75.3 Å². The second-order valence-corrected chi connectivity index (χ2v) is 4.43. The minimum atomic E-state index is -0.111. The minimum Gasteiger partial charge on any atom is -0.508 e. The molecule has 0 aliphatic heterocycles. The highest BCUT2D eigenvalue weighted by Crippen LogP contribution is 2.43. The van der Waals surface area contributed by atoms with E-state index in [1.165, 1.54) is 12.1 Å². The molecule has 1 amide bonds. The normalized spacial score (nSPS) is 16.8. The Morgan fingerprint density at radius 3 is 2.50 bits per heavy atom. The molecule has 4 heteroatoms. The van der Waals surface area contributed by atoms with Gasteiger partial charge in [-0.3, -0.25) is 4.79 Å². The van der Waals surface area contributed by atoms with Crippen molar-refractivity contribution in [2.24, 2.45) is 11.1 Å². The summed E-state index contributed by atoms with van der Waals surface area (Å²) in [6, 6.07) is 6.22. The molecule has 4 N–H and O–H groups in total. The van der Waals surface area contributed by atoms with E-state index in [1.54, 1.807) is 12.1 Å². The number of phenolic OH excluding ortho intramolecular Hbond substituents is 1. The number of amides is 1. The highest BCUT2D eigenvalue weighted by Gasteiger charge is 2.41. The summed E-state index contributed by atoms with van der Waals surface area (Å²) in [6.07, 6.45) is 2.19. The highest BCUT2D eigenvalue weighted by atomic mass is 16.3. The molecule has 0 radical (unpaired) electrons. The zero-order valence-electron chi connectivity index (χ0n) is 9.07. The lowest BCUT2D eigenvalue weighted by molar-refractivity contribution is 0.0945. The van der Waals surface area contributed by atoms with Gasteiger partial charge in [0.2, 0.25) is 0 Å². The molecule has 1 aliphatic carbocycles. The first kappa shape index (κ1) is 11.0. The van der Waals surface area contributed by atoms with E-state index < -0.39 is 0 Å². The van der Waals surface area contributed by atoms with E-state index in [0.717, 1.165) is 12.8 Å². The SMILES string of the molecule is NCC1(CNC(=O)c2ccc(O)cc2)CC1. The third kappa shape index (κ3) is 2.33. The second-order valence-electron chi connectivity index (χ2n) is 4.43. The van der Waals surface area contributed by atoms with Gasteiger partial charge in [0.25, 0.3) is 5.91 Å². The maximum atomic E-state index is 11.7. The average Bonchev–Trinajstić information content (AvgIpc) is 3.08. The second kappa shape index (κ2) is 4.14. The van der Waals surface area contributed by atoms with Gasteiger partial charge in [-0.15, -0.1) is 0 Å². The zero-order chi connectivity index (χ0) is 11.6. The van der Waals surface area contributed by atoms with Crippen molar-refractivity contribution in [2.75, 3.05) is 13.1 Å². The van der Waals surface area contributed by atoms with Crippen LogP contribution in [0, 0.1) is 5.41 Å². The standard InChI is InChI=1S/C12H16N2O2/c13-7-12(5-6-12)8-14-11(16)9-1-3-10(15)4-2-9/h1-4,15H,5-8,13H2,(H,14,16). The van der Waals surface area contributed by atoms with E-state index in [4.69, 9.17) is 10.8 Å². The summed E-state index contributed by atoms with van der Waals surface area (Å²) in [5.41, 5.74) is 6.34. The lowest BCUT2D eigenvalue weighted by Gasteiger charge is -2.13. The number of phenols is 1. The van der Waals surface area contributed by atoms with Gasteiger partial charge >= 0.3 is 0 Å². The molecule has 0 saturated heterocycles. The molecule has 1 aromatic carbocycles. The first-order valence-corrected chi connectivity index (χ1v) is 5.43. The van der Waals surface area contributed by atoms with Crippen molar-refractivity contribution in [2.45, 2.75) is 12.8 Å². The van der Waals surface area contributed by atoms with Crippen LogP contribution in [-0.4, -0.2) is 24.1 Å². The van der Waals surface area contributed by atoms with Gasteiger partial charge in [-0.2, -0.15) is 0 Å². The van der Waals surface area contributed by atoms with Gasteiger partial charge in [0.1, 0.15) is 5.75 Å². The van der Waals surface area contributed by atoms with Crippen molar-refractivity contribution < 1.29 is 9.90 Å². The van der Waals surface area contributed by atoms with E-state index in [-0.39, 0.29) is 17.1 Å². The fourth-order valence-corrected chi connectivity index (χ4v) is 1.61. The van der Waals surface area contributed by atoms with Crippen LogP contribution in [0.4, 0.5) is 0 Å². The van der Waals surface area contributed by atoms with Gasteiger partial charge < -0.3 is 16.2 Å². The van der Waals surface area contributed by atoms with E-state index in [2.05, 4.69) is 5.32 Å². The van der Waals surface area contributed by atoms with Gasteiger partial charge in [-0.05, 0) is 43.7 Å². The molecular weight excluding hydrogens is 204 g/mol. The van der Waals surface area contributed by atoms with Crippen molar-refractivity contribution in [3.05, 3.63) is 29.8 Å². The van der Waals surface area contributed by atoms with Crippen molar-refractivity contribution >= 4 is 5.91 Å². The molecule has 4 nitrogen and oxygen atoms in total. The number of benzene rings is 1. The maximum absolute atomic E-state index is 11.7. The fourth-order valence-electron chi connectivity index (χ4n) is 1.61. The maximum Gasteiger partial charge on any atom is 0.251 e. The Bertz CT molecular complexity index is 383. The Morgan fingerprint density at radius 2 is 2.00 bits per heavy atom. The molecule has 0 aromatic heterocycles. The van der Waals surface area contributed by atoms with Crippen LogP contribution in [0.3, 0.4) is 0 Å². The third-order valence-corrected chi connectivity index (χ3v) is 3.14. The quantitative estimate of drug-likeness (QED) is 0.704. The zero-order valence-corrected chi connectivity index (χ0v) is 9.07. The van der Waals surface area contributed by atoms with E-state index in [9.17, 15) is 4.79 Å². The molecule has 2 rings (SSSR count). The van der Waals surface area contributed by atoms with Gasteiger partial charge in [0.15, 0.2) is 0 Å². The first-order chi connectivity index (χ1) is 7.65. The number of rotatable bonds is 4. The van der Waals surface area contributed by atoms with E-state index in [1.807, 2.05) is 0 Å². The molecule has 1 aromatic rings. The predicted octanol–water partition coefficient (Wildman–Crippen LogP) is 0.861. The Morgan fingerprint density at radius 1 is 1.38 bits per heavy atom. The lowest BCUT2D eigenvalue weighted by Crippen LogP contribution is -2.33. The van der Waals surface area contributed by atoms with Crippen LogP contribution in [0.1, 0.15) is 23.2 Å². The summed E-state index contributed by atoms with van der Waals surface area (Å²) in [4.78, 5) is 11.7. The molecular formula is C12H16N2O2. The molecule has 1 saturated carbocycles. The molecule has 0 heterocycles. The van der Waals surface area contributed by atoms with Crippen molar-refractivity contribution in [3.8, 4) is 5.75 Å². The number of hydrogen-bond acceptors (Lipinski definition) is 3.